The van der Waals surface area contributed by atoms with Crippen molar-refractivity contribution < 1.29 is 23.8 Å². The summed E-state index contributed by atoms with van der Waals surface area (Å²) in [6.45, 7) is 2.15. The van der Waals surface area contributed by atoms with Crippen molar-refractivity contribution >= 4 is 68.5 Å². The molecule has 0 atom stereocenters. The summed E-state index contributed by atoms with van der Waals surface area (Å²) in [5.41, 5.74) is 3.55. The smallest absolute Gasteiger partial charge is 0.325 e. The first-order valence-corrected chi connectivity index (χ1v) is 13.6. The lowest BCUT2D eigenvalue weighted by molar-refractivity contribution is -0.140. The second kappa shape index (κ2) is 12.6. The number of benzene rings is 3. The molecule has 39 heavy (non-hydrogen) atoms. The van der Waals surface area contributed by atoms with Gasteiger partial charge in [0.25, 0.3) is 5.91 Å². The van der Waals surface area contributed by atoms with E-state index in [2.05, 4.69) is 22.9 Å². The molecule has 202 valence electrons. The summed E-state index contributed by atoms with van der Waals surface area (Å²) in [6.07, 6.45) is 2.53. The van der Waals surface area contributed by atoms with Gasteiger partial charge in [-0.2, -0.15) is 0 Å². The summed E-state index contributed by atoms with van der Waals surface area (Å²) < 4.78 is 17.1. The number of esters is 1. The van der Waals surface area contributed by atoms with Crippen LogP contribution in [0.5, 0.6) is 11.5 Å². The molecule has 0 bridgehead atoms. The maximum Gasteiger partial charge on any atom is 0.325 e. The predicted octanol–water partition coefficient (Wildman–Crippen LogP) is 6.40. The normalized spacial score (nSPS) is 14.2. The van der Waals surface area contributed by atoms with Crippen LogP contribution in [0.4, 0.5) is 5.69 Å². The topological polar surface area (TPSA) is 68.3 Å². The van der Waals surface area contributed by atoms with E-state index >= 15 is 0 Å². The Morgan fingerprint density at radius 3 is 2.31 bits per heavy atom. The number of anilines is 1. The number of nitrogens with zero attached hydrogens (tertiary/aromatic N) is 2. The van der Waals surface area contributed by atoms with Crippen LogP contribution in [0.25, 0.3) is 6.08 Å². The highest BCUT2D eigenvalue weighted by Crippen LogP contribution is 2.37. The molecule has 7 nitrogen and oxygen atoms in total. The van der Waals surface area contributed by atoms with Gasteiger partial charge in [-0.3, -0.25) is 14.5 Å². The number of amides is 1. The largest absolute Gasteiger partial charge is 0.493 e. The van der Waals surface area contributed by atoms with Crippen LogP contribution in [0.15, 0.2) is 70.8 Å². The Morgan fingerprint density at radius 1 is 1.03 bits per heavy atom. The van der Waals surface area contributed by atoms with Crippen LogP contribution in [-0.4, -0.2) is 42.7 Å². The van der Waals surface area contributed by atoms with Crippen molar-refractivity contribution in [3.05, 3.63) is 92.5 Å². The lowest BCUT2D eigenvalue weighted by Crippen LogP contribution is -2.35. The standard InChI is InChI=1S/C29H26BrClN2O5S/c1-4-18-7-11-22(12-8-18)33-28(35)24(32(29(33)39)16-27(34)37-3)13-20-14-25(36-2)26(15-23(20)30)38-17-19-5-9-21(31)10-6-19/h5-15H,4,16-17H2,1-3H3/b24-13-. The molecular weight excluding hydrogens is 604 g/mol. The highest BCUT2D eigenvalue weighted by molar-refractivity contribution is 9.10. The maximum atomic E-state index is 13.7. The van der Waals surface area contributed by atoms with E-state index in [-0.39, 0.29) is 23.3 Å². The number of carbonyl (C=O) groups is 2. The van der Waals surface area contributed by atoms with Crippen LogP contribution in [0, 0.1) is 0 Å². The van der Waals surface area contributed by atoms with Crippen molar-refractivity contribution in [2.45, 2.75) is 20.0 Å². The molecule has 1 aliphatic rings. The zero-order valence-electron chi connectivity index (χ0n) is 21.6. The summed E-state index contributed by atoms with van der Waals surface area (Å²) in [5.74, 6) is 0.0984. The van der Waals surface area contributed by atoms with E-state index in [0.29, 0.717) is 38.9 Å². The van der Waals surface area contributed by atoms with Crippen LogP contribution >= 0.6 is 39.7 Å². The first-order valence-electron chi connectivity index (χ1n) is 12.0. The molecule has 4 rings (SSSR count). The molecule has 0 unspecified atom stereocenters. The van der Waals surface area contributed by atoms with E-state index in [1.807, 2.05) is 36.4 Å². The van der Waals surface area contributed by atoms with Gasteiger partial charge in [-0.05, 0) is 77.8 Å². The monoisotopic (exact) mass is 628 g/mol. The first kappa shape index (κ1) is 28.6. The summed E-state index contributed by atoms with van der Waals surface area (Å²) in [5, 5.41) is 0.835. The molecule has 0 saturated carbocycles. The highest BCUT2D eigenvalue weighted by atomic mass is 79.9. The molecule has 1 heterocycles. The molecule has 0 aliphatic carbocycles. The van der Waals surface area contributed by atoms with Crippen LogP contribution in [0.1, 0.15) is 23.6 Å². The number of thiocarbonyl (C=S) groups is 1. The number of hydrogen-bond acceptors (Lipinski definition) is 6. The minimum atomic E-state index is -0.526. The Labute approximate surface area is 246 Å². The molecule has 1 amide bonds. The molecule has 3 aromatic carbocycles. The second-order valence-corrected chi connectivity index (χ2v) is 10.2. The molecule has 1 aliphatic heterocycles. The second-order valence-electron chi connectivity index (χ2n) is 8.57. The van der Waals surface area contributed by atoms with Crippen molar-refractivity contribution in [3.63, 3.8) is 0 Å². The fourth-order valence-electron chi connectivity index (χ4n) is 3.96. The quantitative estimate of drug-likeness (QED) is 0.154. The van der Waals surface area contributed by atoms with E-state index < -0.39 is 5.97 Å². The number of methoxy groups -OCH3 is 2. The maximum absolute atomic E-state index is 13.7. The van der Waals surface area contributed by atoms with Gasteiger partial charge in [0.2, 0.25) is 0 Å². The lowest BCUT2D eigenvalue weighted by atomic mass is 10.1. The number of halogens is 2. The van der Waals surface area contributed by atoms with Crippen molar-refractivity contribution in [2.75, 3.05) is 25.7 Å². The van der Waals surface area contributed by atoms with E-state index in [1.54, 1.807) is 30.3 Å². The number of carbonyl (C=O) groups excluding carboxylic acids is 2. The first-order chi connectivity index (χ1) is 18.7. The molecule has 0 spiro atoms. The van der Waals surface area contributed by atoms with Gasteiger partial charge in [-0.1, -0.05) is 58.7 Å². The Kier molecular flexibility index (Phi) is 9.27. The van der Waals surface area contributed by atoms with Gasteiger partial charge in [0.05, 0.1) is 19.9 Å². The zero-order chi connectivity index (χ0) is 28.1. The SMILES string of the molecule is CCc1ccc(N2C(=O)/C(=C/c3cc(OC)c(OCc4ccc(Cl)cc4)cc3Br)N(CC(=O)OC)C2=S)cc1. The summed E-state index contributed by atoms with van der Waals surface area (Å²) in [7, 11) is 2.83. The van der Waals surface area contributed by atoms with Crippen molar-refractivity contribution in [2.24, 2.45) is 0 Å². The molecular formula is C29H26BrClN2O5S. The van der Waals surface area contributed by atoms with Gasteiger partial charge >= 0.3 is 5.97 Å². The Bertz CT molecular complexity index is 1430. The van der Waals surface area contributed by atoms with Gasteiger partial charge < -0.3 is 19.1 Å². The number of rotatable bonds is 9. The van der Waals surface area contributed by atoms with Gasteiger partial charge in [0.1, 0.15) is 18.8 Å². The van der Waals surface area contributed by atoms with Crippen LogP contribution < -0.4 is 14.4 Å². The fraction of sp³-hybridized carbons (Fsp3) is 0.207. The highest BCUT2D eigenvalue weighted by Gasteiger charge is 2.40. The molecule has 0 radical (unpaired) electrons. The molecule has 0 N–H and O–H groups in total. The van der Waals surface area contributed by atoms with Gasteiger partial charge in [-0.15, -0.1) is 0 Å². The zero-order valence-corrected chi connectivity index (χ0v) is 24.7. The number of hydrogen-bond donors (Lipinski definition) is 0. The van der Waals surface area contributed by atoms with Crippen molar-refractivity contribution in [1.29, 1.82) is 0 Å². The third-order valence-electron chi connectivity index (χ3n) is 6.14. The minimum absolute atomic E-state index is 0.187. The molecule has 1 saturated heterocycles. The lowest BCUT2D eigenvalue weighted by Gasteiger charge is -2.19. The molecule has 1 fully saturated rings. The van der Waals surface area contributed by atoms with Gasteiger partial charge in [-0.25, -0.2) is 0 Å². The molecule has 3 aromatic rings. The average molecular weight is 630 g/mol. The fourth-order valence-corrected chi connectivity index (χ4v) is 4.87. The van der Waals surface area contributed by atoms with E-state index in [9.17, 15) is 9.59 Å². The number of ether oxygens (including phenoxy) is 3. The Hall–Kier alpha value is -3.40. The molecule has 10 heteroatoms. The summed E-state index contributed by atoms with van der Waals surface area (Å²) in [6, 6.07) is 18.5. The predicted molar refractivity (Wildman–Crippen MR) is 159 cm³/mol. The van der Waals surface area contributed by atoms with Gasteiger partial charge in [0, 0.05) is 9.50 Å². The number of aryl methyl sites for hydroxylation is 1. The summed E-state index contributed by atoms with van der Waals surface area (Å²) >= 11 is 15.2. The van der Waals surface area contributed by atoms with Gasteiger partial charge in [0.15, 0.2) is 16.6 Å². The molecule has 0 aromatic heterocycles. The third kappa shape index (κ3) is 6.43. The van der Waals surface area contributed by atoms with E-state index in [1.165, 1.54) is 24.0 Å². The van der Waals surface area contributed by atoms with E-state index in [0.717, 1.165) is 17.5 Å². The Morgan fingerprint density at radius 2 is 1.69 bits per heavy atom. The van der Waals surface area contributed by atoms with E-state index in [4.69, 9.17) is 38.0 Å². The summed E-state index contributed by atoms with van der Waals surface area (Å²) in [4.78, 5) is 28.8. The van der Waals surface area contributed by atoms with Crippen LogP contribution in [0.2, 0.25) is 5.02 Å². The van der Waals surface area contributed by atoms with Crippen LogP contribution in [-0.2, 0) is 27.4 Å². The van der Waals surface area contributed by atoms with Crippen molar-refractivity contribution in [3.8, 4) is 11.5 Å². The van der Waals surface area contributed by atoms with Crippen LogP contribution in [0.3, 0.4) is 0 Å². The third-order valence-corrected chi connectivity index (χ3v) is 7.48. The average Bonchev–Trinajstić information content (AvgIpc) is 3.17. The Balaban J connectivity index is 1.68. The minimum Gasteiger partial charge on any atom is -0.493 e. The van der Waals surface area contributed by atoms with Crippen molar-refractivity contribution in [1.82, 2.24) is 4.90 Å².